The van der Waals surface area contributed by atoms with Crippen molar-refractivity contribution in [3.63, 3.8) is 0 Å². The van der Waals surface area contributed by atoms with E-state index >= 15 is 0 Å². The number of piperidine rings is 1. The van der Waals surface area contributed by atoms with Gasteiger partial charge in [-0.25, -0.2) is 0 Å². The lowest BCUT2D eigenvalue weighted by atomic mass is 9.98. The quantitative estimate of drug-likeness (QED) is 0.811. The smallest absolute Gasteiger partial charge is 0.238 e. The minimum atomic E-state index is -0.541. The minimum absolute atomic E-state index is 0.0516. The van der Waals surface area contributed by atoms with Crippen LogP contribution in [0.25, 0.3) is 11.4 Å². The molecule has 2 fully saturated rings. The molecule has 1 amide bonds. The Balaban J connectivity index is 1.37. The van der Waals surface area contributed by atoms with Crippen LogP contribution >= 0.6 is 0 Å². The highest BCUT2D eigenvalue weighted by atomic mass is 16.5. The maximum absolute atomic E-state index is 12.5. The lowest BCUT2D eigenvalue weighted by Crippen LogP contribution is -2.50. The van der Waals surface area contributed by atoms with Crippen molar-refractivity contribution in [3.8, 4) is 17.5 Å². The molecule has 1 saturated carbocycles. The van der Waals surface area contributed by atoms with E-state index in [-0.39, 0.29) is 11.9 Å². The third-order valence-electron chi connectivity index (χ3n) is 5.54. The first-order chi connectivity index (χ1) is 13.2. The van der Waals surface area contributed by atoms with Gasteiger partial charge in [0.25, 0.3) is 0 Å². The van der Waals surface area contributed by atoms with Gasteiger partial charge in [-0.3, -0.25) is 4.79 Å². The number of aryl methyl sites for hydroxylation is 1. The summed E-state index contributed by atoms with van der Waals surface area (Å²) in [5.74, 6) is 1.53. The highest BCUT2D eigenvalue weighted by Crippen LogP contribution is 2.35. The number of nitrogens with zero attached hydrogens (tertiary/aromatic N) is 3. The van der Waals surface area contributed by atoms with Gasteiger partial charge < -0.3 is 15.2 Å². The molecular formula is C20H23N5O2. The second-order valence-electron chi connectivity index (χ2n) is 7.37. The van der Waals surface area contributed by atoms with Crippen LogP contribution in [0.4, 0.5) is 0 Å². The van der Waals surface area contributed by atoms with Crippen molar-refractivity contribution >= 4 is 5.91 Å². The molecule has 4 atom stereocenters. The van der Waals surface area contributed by atoms with Gasteiger partial charge in [0.05, 0.1) is 12.1 Å². The number of nitrogens with one attached hydrogen (secondary N) is 2. The second-order valence-corrected chi connectivity index (χ2v) is 7.37. The number of amides is 1. The predicted octanol–water partition coefficient (Wildman–Crippen LogP) is 1.99. The van der Waals surface area contributed by atoms with Gasteiger partial charge in [0.15, 0.2) is 0 Å². The summed E-state index contributed by atoms with van der Waals surface area (Å²) in [6, 6.07) is 9.68. The Morgan fingerprint density at radius 3 is 2.81 bits per heavy atom. The highest BCUT2D eigenvalue weighted by Gasteiger charge is 2.43. The van der Waals surface area contributed by atoms with E-state index in [2.05, 4.69) is 26.8 Å². The summed E-state index contributed by atoms with van der Waals surface area (Å²) in [5.41, 5.74) is 1.84. The number of rotatable bonds is 6. The van der Waals surface area contributed by atoms with Gasteiger partial charge >= 0.3 is 0 Å². The first-order valence-electron chi connectivity index (χ1n) is 9.54. The van der Waals surface area contributed by atoms with E-state index in [0.29, 0.717) is 36.5 Å². The second kappa shape index (κ2) is 7.49. The lowest BCUT2D eigenvalue weighted by Gasteiger charge is -2.23. The normalized spacial score (nSPS) is 24.5. The summed E-state index contributed by atoms with van der Waals surface area (Å²) in [6.07, 6.45) is 4.50. The monoisotopic (exact) mass is 365 g/mol. The van der Waals surface area contributed by atoms with Crippen molar-refractivity contribution < 1.29 is 9.32 Å². The van der Waals surface area contributed by atoms with E-state index in [4.69, 9.17) is 4.52 Å². The zero-order valence-corrected chi connectivity index (χ0v) is 15.3. The van der Waals surface area contributed by atoms with Crippen LogP contribution in [0.5, 0.6) is 0 Å². The number of benzene rings is 1. The van der Waals surface area contributed by atoms with Crippen molar-refractivity contribution in [1.82, 2.24) is 20.8 Å². The SMILES string of the molecule is CCc1nc(-c2ccc(CC(C#N)NC(=O)C3NC4CCC3C4)cc2)no1. The van der Waals surface area contributed by atoms with Crippen LogP contribution in [0.2, 0.25) is 0 Å². The number of hydrogen-bond donors (Lipinski definition) is 2. The molecule has 0 radical (unpaired) electrons. The van der Waals surface area contributed by atoms with E-state index < -0.39 is 6.04 Å². The molecule has 1 aromatic heterocycles. The van der Waals surface area contributed by atoms with Crippen molar-refractivity contribution in [1.29, 1.82) is 5.26 Å². The lowest BCUT2D eigenvalue weighted by molar-refractivity contribution is -0.124. The van der Waals surface area contributed by atoms with Crippen molar-refractivity contribution in [2.75, 3.05) is 0 Å². The fourth-order valence-corrected chi connectivity index (χ4v) is 4.08. The van der Waals surface area contributed by atoms with Crippen LogP contribution in [0.15, 0.2) is 28.8 Å². The summed E-state index contributed by atoms with van der Waals surface area (Å²) >= 11 is 0. The van der Waals surface area contributed by atoms with Crippen LogP contribution < -0.4 is 10.6 Å². The molecular weight excluding hydrogens is 342 g/mol. The number of fused-ring (bicyclic) bond motifs is 2. The molecule has 0 spiro atoms. The zero-order valence-electron chi connectivity index (χ0n) is 15.3. The molecule has 27 heavy (non-hydrogen) atoms. The van der Waals surface area contributed by atoms with Crippen LogP contribution in [-0.4, -0.2) is 34.2 Å². The molecule has 1 aliphatic heterocycles. The summed E-state index contributed by atoms with van der Waals surface area (Å²) in [4.78, 5) is 16.8. The molecule has 7 nitrogen and oxygen atoms in total. The Hall–Kier alpha value is -2.72. The number of hydrogen-bond acceptors (Lipinski definition) is 6. The van der Waals surface area contributed by atoms with Gasteiger partial charge in [0, 0.05) is 24.4 Å². The molecule has 1 aromatic carbocycles. The number of nitriles is 1. The van der Waals surface area contributed by atoms with Gasteiger partial charge in [0.2, 0.25) is 17.6 Å². The number of carbonyl (C=O) groups excluding carboxylic acids is 1. The van der Waals surface area contributed by atoms with Crippen LogP contribution in [-0.2, 0) is 17.6 Å². The van der Waals surface area contributed by atoms with Gasteiger partial charge in [-0.05, 0) is 30.7 Å². The van der Waals surface area contributed by atoms with Gasteiger partial charge in [-0.2, -0.15) is 10.2 Å². The van der Waals surface area contributed by atoms with Crippen molar-refractivity contribution in [3.05, 3.63) is 35.7 Å². The molecule has 1 aliphatic carbocycles. The van der Waals surface area contributed by atoms with E-state index in [1.165, 1.54) is 0 Å². The van der Waals surface area contributed by atoms with Crippen LogP contribution in [0.1, 0.15) is 37.6 Å². The van der Waals surface area contributed by atoms with Crippen molar-refractivity contribution in [2.24, 2.45) is 5.92 Å². The molecule has 2 N–H and O–H groups in total. The average Bonchev–Trinajstić information content (AvgIpc) is 3.44. The molecule has 2 bridgehead atoms. The van der Waals surface area contributed by atoms with E-state index in [1.807, 2.05) is 31.2 Å². The van der Waals surface area contributed by atoms with Gasteiger partial charge in [0.1, 0.15) is 6.04 Å². The maximum atomic E-state index is 12.5. The highest BCUT2D eigenvalue weighted by molar-refractivity contribution is 5.83. The standard InChI is InChI=1S/C20H23N5O2/c1-2-17-24-19(25-27-17)13-5-3-12(4-6-13)9-16(11-21)23-20(26)18-14-7-8-15(10-14)22-18/h3-6,14-16,18,22H,2,7-10H2,1H3,(H,23,26). The fraction of sp³-hybridized carbons (Fsp3) is 0.500. The zero-order chi connectivity index (χ0) is 18.8. The third-order valence-corrected chi connectivity index (χ3v) is 5.54. The Labute approximate surface area is 158 Å². The van der Waals surface area contributed by atoms with Crippen molar-refractivity contribution in [2.45, 2.75) is 57.2 Å². The summed E-state index contributed by atoms with van der Waals surface area (Å²) < 4.78 is 5.14. The predicted molar refractivity (Wildman–Crippen MR) is 98.4 cm³/mol. The molecule has 2 aromatic rings. The first kappa shape index (κ1) is 17.7. The van der Waals surface area contributed by atoms with Gasteiger partial charge in [-0.15, -0.1) is 0 Å². The number of carbonyl (C=O) groups is 1. The largest absolute Gasteiger partial charge is 0.339 e. The molecule has 7 heteroatoms. The van der Waals surface area contributed by atoms with E-state index in [9.17, 15) is 10.1 Å². The summed E-state index contributed by atoms with van der Waals surface area (Å²) in [7, 11) is 0. The molecule has 4 unspecified atom stereocenters. The molecule has 4 rings (SSSR count). The summed E-state index contributed by atoms with van der Waals surface area (Å²) in [5, 5.41) is 19.7. The Morgan fingerprint density at radius 1 is 1.41 bits per heavy atom. The number of aromatic nitrogens is 2. The minimum Gasteiger partial charge on any atom is -0.339 e. The maximum Gasteiger partial charge on any atom is 0.238 e. The van der Waals surface area contributed by atoms with Crippen LogP contribution in [0.3, 0.4) is 0 Å². The Kier molecular flexibility index (Phi) is 4.90. The average molecular weight is 365 g/mol. The Morgan fingerprint density at radius 2 is 2.22 bits per heavy atom. The van der Waals surface area contributed by atoms with E-state index in [0.717, 1.165) is 30.4 Å². The molecule has 2 heterocycles. The fourth-order valence-electron chi connectivity index (χ4n) is 4.08. The molecule has 1 saturated heterocycles. The Bertz CT molecular complexity index is 854. The summed E-state index contributed by atoms with van der Waals surface area (Å²) in [6.45, 7) is 1.96. The molecule has 140 valence electrons. The van der Waals surface area contributed by atoms with Gasteiger partial charge in [-0.1, -0.05) is 36.3 Å². The third kappa shape index (κ3) is 3.71. The van der Waals surface area contributed by atoms with Crippen LogP contribution in [0, 0.1) is 17.2 Å². The van der Waals surface area contributed by atoms with E-state index in [1.54, 1.807) is 0 Å². The first-order valence-corrected chi connectivity index (χ1v) is 9.54. The topological polar surface area (TPSA) is 104 Å². The molecule has 2 aliphatic rings.